The lowest BCUT2D eigenvalue weighted by Gasteiger charge is -2.22. The van der Waals surface area contributed by atoms with Gasteiger partial charge in [0.2, 0.25) is 5.91 Å². The number of carbonyl (C=O) groups is 1. The van der Waals surface area contributed by atoms with Gasteiger partial charge in [0.05, 0.1) is 19.1 Å². The fourth-order valence-electron chi connectivity index (χ4n) is 2.02. The molecule has 0 saturated carbocycles. The highest BCUT2D eigenvalue weighted by molar-refractivity contribution is 5.79. The lowest BCUT2D eigenvalue weighted by Crippen LogP contribution is -2.45. The summed E-state index contributed by atoms with van der Waals surface area (Å²) in [6, 6.07) is 0.670. The van der Waals surface area contributed by atoms with E-state index in [2.05, 4.69) is 36.4 Å². The molecule has 5 nitrogen and oxygen atoms in total. The van der Waals surface area contributed by atoms with Crippen LogP contribution < -0.4 is 10.6 Å². The second kappa shape index (κ2) is 7.71. The number of likely N-dealkylation sites (N-methyl/N-ethyl adjacent to an activating group) is 2. The second-order valence-electron chi connectivity index (χ2n) is 5.17. The Morgan fingerprint density at radius 2 is 2.17 bits per heavy atom. The number of carbonyl (C=O) groups excluding carboxylic acids is 1. The predicted molar refractivity (Wildman–Crippen MR) is 72.5 cm³/mol. The van der Waals surface area contributed by atoms with Gasteiger partial charge in [0.15, 0.2) is 0 Å². The van der Waals surface area contributed by atoms with Gasteiger partial charge in [0.1, 0.15) is 0 Å². The number of hydrogen-bond acceptors (Lipinski definition) is 4. The number of rotatable bonds is 7. The predicted octanol–water partition coefficient (Wildman–Crippen LogP) is 0.0673. The van der Waals surface area contributed by atoms with Crippen LogP contribution in [-0.2, 0) is 9.53 Å². The Morgan fingerprint density at radius 3 is 2.78 bits per heavy atom. The molecule has 1 aliphatic heterocycles. The lowest BCUT2D eigenvalue weighted by molar-refractivity contribution is -0.125. The second-order valence-corrected chi connectivity index (χ2v) is 5.17. The van der Waals surface area contributed by atoms with E-state index < -0.39 is 0 Å². The Balaban J connectivity index is 2.27. The van der Waals surface area contributed by atoms with E-state index in [0.717, 1.165) is 13.1 Å². The molecule has 1 saturated heterocycles. The maximum atomic E-state index is 12.0. The third-order valence-corrected chi connectivity index (χ3v) is 3.53. The van der Waals surface area contributed by atoms with Crippen LogP contribution in [0.3, 0.4) is 0 Å². The Hall–Kier alpha value is -0.650. The molecule has 0 spiro atoms. The van der Waals surface area contributed by atoms with Crippen molar-refractivity contribution in [3.05, 3.63) is 0 Å². The fourth-order valence-corrected chi connectivity index (χ4v) is 2.02. The Labute approximate surface area is 110 Å². The third kappa shape index (κ3) is 4.55. The zero-order chi connectivity index (χ0) is 13.5. The first-order valence-corrected chi connectivity index (χ1v) is 6.85. The quantitative estimate of drug-likeness (QED) is 0.677. The van der Waals surface area contributed by atoms with Crippen molar-refractivity contribution < 1.29 is 9.53 Å². The maximum absolute atomic E-state index is 12.0. The van der Waals surface area contributed by atoms with Crippen molar-refractivity contribution in [1.82, 2.24) is 15.5 Å². The summed E-state index contributed by atoms with van der Waals surface area (Å²) in [5.74, 6) is 0.0601. The molecule has 2 atom stereocenters. The monoisotopic (exact) mass is 257 g/mol. The van der Waals surface area contributed by atoms with Gasteiger partial charge in [-0.2, -0.15) is 0 Å². The van der Waals surface area contributed by atoms with Crippen LogP contribution in [0.4, 0.5) is 0 Å². The molecule has 2 N–H and O–H groups in total. The Morgan fingerprint density at radius 1 is 1.44 bits per heavy atom. The van der Waals surface area contributed by atoms with Crippen molar-refractivity contribution >= 4 is 5.91 Å². The van der Waals surface area contributed by atoms with Gasteiger partial charge in [-0.15, -0.1) is 0 Å². The molecule has 18 heavy (non-hydrogen) atoms. The summed E-state index contributed by atoms with van der Waals surface area (Å²) < 4.78 is 5.38. The van der Waals surface area contributed by atoms with Gasteiger partial charge in [-0.25, -0.2) is 0 Å². The Kier molecular flexibility index (Phi) is 6.60. The highest BCUT2D eigenvalue weighted by Gasteiger charge is 2.33. The number of amides is 1. The van der Waals surface area contributed by atoms with Gasteiger partial charge in [0, 0.05) is 25.2 Å². The van der Waals surface area contributed by atoms with E-state index in [9.17, 15) is 4.79 Å². The molecule has 0 radical (unpaired) electrons. The first-order valence-electron chi connectivity index (χ1n) is 6.85. The van der Waals surface area contributed by atoms with Crippen LogP contribution >= 0.6 is 0 Å². The van der Waals surface area contributed by atoms with Crippen molar-refractivity contribution in [3.8, 4) is 0 Å². The number of nitrogens with zero attached hydrogens (tertiary/aromatic N) is 1. The minimum absolute atomic E-state index is 0.0469. The number of hydrogen-bond donors (Lipinski definition) is 2. The molecular formula is C13H27N3O2. The van der Waals surface area contributed by atoms with Crippen LogP contribution in [0.15, 0.2) is 0 Å². The Bertz CT molecular complexity index is 259. The first kappa shape index (κ1) is 15.4. The SMILES string of the molecule is CCNC1COCC1C(=O)NCCN(C)C(C)C. The topological polar surface area (TPSA) is 53.6 Å². The molecule has 1 fully saturated rings. The van der Waals surface area contributed by atoms with Crippen LogP contribution in [0.2, 0.25) is 0 Å². The summed E-state index contributed by atoms with van der Waals surface area (Å²) in [5, 5.41) is 6.29. The zero-order valence-corrected chi connectivity index (χ0v) is 12.0. The fraction of sp³-hybridized carbons (Fsp3) is 0.923. The van der Waals surface area contributed by atoms with E-state index in [4.69, 9.17) is 4.74 Å². The van der Waals surface area contributed by atoms with Gasteiger partial charge in [0.25, 0.3) is 0 Å². The molecule has 1 aliphatic rings. The van der Waals surface area contributed by atoms with Crippen LogP contribution in [0.5, 0.6) is 0 Å². The highest BCUT2D eigenvalue weighted by atomic mass is 16.5. The van der Waals surface area contributed by atoms with Gasteiger partial charge >= 0.3 is 0 Å². The molecule has 2 unspecified atom stereocenters. The largest absolute Gasteiger partial charge is 0.379 e. The normalized spacial score (nSPS) is 23.9. The standard InChI is InChI=1S/C13H27N3O2/c1-5-14-12-9-18-8-11(12)13(17)15-6-7-16(4)10(2)3/h10-12,14H,5-9H2,1-4H3,(H,15,17). The molecule has 0 aliphatic carbocycles. The van der Waals surface area contributed by atoms with Crippen molar-refractivity contribution in [2.45, 2.75) is 32.9 Å². The van der Waals surface area contributed by atoms with E-state index in [1.807, 2.05) is 6.92 Å². The van der Waals surface area contributed by atoms with E-state index in [1.54, 1.807) is 0 Å². The maximum Gasteiger partial charge on any atom is 0.227 e. The smallest absolute Gasteiger partial charge is 0.227 e. The van der Waals surface area contributed by atoms with Crippen LogP contribution in [0.25, 0.3) is 0 Å². The minimum atomic E-state index is -0.0469. The van der Waals surface area contributed by atoms with E-state index >= 15 is 0 Å². The van der Waals surface area contributed by atoms with Gasteiger partial charge in [-0.1, -0.05) is 6.92 Å². The molecule has 106 valence electrons. The summed E-state index contributed by atoms with van der Waals surface area (Å²) in [5.41, 5.74) is 0. The molecule has 0 aromatic rings. The van der Waals surface area contributed by atoms with Crippen LogP contribution in [-0.4, -0.2) is 62.8 Å². The average Bonchev–Trinajstić information content (AvgIpc) is 2.77. The molecule has 0 bridgehead atoms. The van der Waals surface area contributed by atoms with Crippen LogP contribution in [0.1, 0.15) is 20.8 Å². The highest BCUT2D eigenvalue weighted by Crippen LogP contribution is 2.13. The van der Waals surface area contributed by atoms with Gasteiger partial charge in [-0.05, 0) is 27.4 Å². The molecule has 1 amide bonds. The first-order chi connectivity index (χ1) is 8.56. The third-order valence-electron chi connectivity index (χ3n) is 3.53. The summed E-state index contributed by atoms with van der Waals surface area (Å²) in [6.45, 7) is 9.95. The van der Waals surface area contributed by atoms with Crippen molar-refractivity contribution in [2.24, 2.45) is 5.92 Å². The van der Waals surface area contributed by atoms with Crippen molar-refractivity contribution in [2.75, 3.05) is 39.9 Å². The van der Waals surface area contributed by atoms with E-state index in [1.165, 1.54) is 0 Å². The summed E-state index contributed by atoms with van der Waals surface area (Å²) in [6.07, 6.45) is 0. The molecular weight excluding hydrogens is 230 g/mol. The lowest BCUT2D eigenvalue weighted by atomic mass is 10.0. The molecule has 5 heteroatoms. The van der Waals surface area contributed by atoms with E-state index in [-0.39, 0.29) is 17.9 Å². The summed E-state index contributed by atoms with van der Waals surface area (Å²) >= 11 is 0. The number of ether oxygens (including phenoxy) is 1. The van der Waals surface area contributed by atoms with Gasteiger partial charge in [-0.3, -0.25) is 4.79 Å². The van der Waals surface area contributed by atoms with Crippen molar-refractivity contribution in [1.29, 1.82) is 0 Å². The molecule has 0 aromatic carbocycles. The number of nitrogens with one attached hydrogen (secondary N) is 2. The van der Waals surface area contributed by atoms with Crippen LogP contribution in [0, 0.1) is 5.92 Å². The van der Waals surface area contributed by atoms with Gasteiger partial charge < -0.3 is 20.3 Å². The van der Waals surface area contributed by atoms with Crippen molar-refractivity contribution in [3.63, 3.8) is 0 Å². The molecule has 1 rings (SSSR count). The molecule has 0 aromatic heterocycles. The summed E-state index contributed by atoms with van der Waals surface area (Å²) in [7, 11) is 2.07. The summed E-state index contributed by atoms with van der Waals surface area (Å²) in [4.78, 5) is 14.2. The zero-order valence-electron chi connectivity index (χ0n) is 12.0. The average molecular weight is 257 g/mol. The molecule has 1 heterocycles. The van der Waals surface area contributed by atoms with E-state index in [0.29, 0.717) is 25.8 Å². The minimum Gasteiger partial charge on any atom is -0.379 e.